The van der Waals surface area contributed by atoms with Crippen LogP contribution in [0.3, 0.4) is 0 Å². The van der Waals surface area contributed by atoms with Crippen LogP contribution in [-0.4, -0.2) is 79.8 Å². The first-order chi connectivity index (χ1) is 13.0. The first-order valence-corrected chi connectivity index (χ1v) is 9.95. The maximum absolute atomic E-state index is 13.0. The maximum atomic E-state index is 13.0. The lowest BCUT2D eigenvalue weighted by Crippen LogP contribution is -2.64. The number of aliphatic hydroxyl groups is 5. The molecule has 1 spiro atoms. The largest absolute Gasteiger partial charge is 0.394 e. The minimum absolute atomic E-state index is 0.0929. The highest BCUT2D eigenvalue weighted by atomic mass is 16.7. The van der Waals surface area contributed by atoms with Crippen LogP contribution in [0.4, 0.5) is 0 Å². The average molecular weight is 398 g/mol. The highest BCUT2D eigenvalue weighted by Gasteiger charge is 2.72. The Hall–Kier alpha value is -0.870. The molecule has 1 heterocycles. The van der Waals surface area contributed by atoms with Gasteiger partial charge in [-0.2, -0.15) is 0 Å². The van der Waals surface area contributed by atoms with Gasteiger partial charge in [-0.1, -0.05) is 18.6 Å². The van der Waals surface area contributed by atoms with Crippen LogP contribution in [0.1, 0.15) is 40.0 Å². The molecule has 2 saturated carbocycles. The van der Waals surface area contributed by atoms with E-state index in [-0.39, 0.29) is 11.7 Å². The molecule has 28 heavy (non-hydrogen) atoms. The lowest BCUT2D eigenvalue weighted by molar-refractivity contribution is -0.330. The quantitative estimate of drug-likeness (QED) is 0.392. The highest BCUT2D eigenvalue weighted by Crippen LogP contribution is 2.68. The van der Waals surface area contributed by atoms with Crippen LogP contribution >= 0.6 is 0 Å². The van der Waals surface area contributed by atoms with Crippen molar-refractivity contribution in [2.45, 2.75) is 81.9 Å². The number of carbonyl (C=O) groups excluding carboxylic acids is 1. The lowest BCUT2D eigenvalue weighted by atomic mass is 9.61. The molecule has 0 radical (unpaired) electrons. The van der Waals surface area contributed by atoms with Gasteiger partial charge >= 0.3 is 0 Å². The average Bonchev–Trinajstić information content (AvgIpc) is 3.39. The summed E-state index contributed by atoms with van der Waals surface area (Å²) >= 11 is 0. The summed E-state index contributed by atoms with van der Waals surface area (Å²) in [6, 6.07) is 0. The van der Waals surface area contributed by atoms with Gasteiger partial charge in [0.15, 0.2) is 6.29 Å². The molecular weight excluding hydrogens is 368 g/mol. The van der Waals surface area contributed by atoms with Gasteiger partial charge in [0.2, 0.25) is 0 Å². The van der Waals surface area contributed by atoms with Crippen LogP contribution in [0.5, 0.6) is 0 Å². The van der Waals surface area contributed by atoms with Gasteiger partial charge in [0.05, 0.1) is 18.1 Å². The number of aliphatic hydroxyl groups excluding tert-OH is 4. The maximum Gasteiger partial charge on any atom is 0.187 e. The third-order valence-corrected chi connectivity index (χ3v) is 7.56. The minimum Gasteiger partial charge on any atom is -0.394 e. The number of rotatable bonds is 3. The number of fused-ring (bicyclic) bond motifs is 1. The first kappa shape index (κ1) is 20.4. The van der Waals surface area contributed by atoms with Crippen LogP contribution in [0, 0.1) is 17.3 Å². The molecule has 0 aromatic heterocycles. The number of hydrogen-bond acceptors (Lipinski definition) is 8. The second kappa shape index (κ2) is 6.31. The first-order valence-electron chi connectivity index (χ1n) is 9.95. The van der Waals surface area contributed by atoms with Gasteiger partial charge in [0.1, 0.15) is 35.8 Å². The molecule has 3 fully saturated rings. The topological polar surface area (TPSA) is 137 Å². The second-order valence-electron chi connectivity index (χ2n) is 9.27. The summed E-state index contributed by atoms with van der Waals surface area (Å²) in [4.78, 5) is 13.0. The SMILES string of the molecule is CC1=C[C@]2(OC3O[C@H](CO)[C@@H](O)[C@H](O)[C@H]3O)C[C@@H](C)C(=O)[C@@H]2[C@](C)(O)C12CC2. The van der Waals surface area contributed by atoms with E-state index in [1.165, 1.54) is 0 Å². The minimum atomic E-state index is -1.57. The summed E-state index contributed by atoms with van der Waals surface area (Å²) < 4.78 is 11.7. The molecule has 4 aliphatic rings. The van der Waals surface area contributed by atoms with Crippen LogP contribution in [0.15, 0.2) is 11.6 Å². The van der Waals surface area contributed by atoms with Crippen molar-refractivity contribution in [3.8, 4) is 0 Å². The molecule has 3 aliphatic carbocycles. The molecule has 1 saturated heterocycles. The van der Waals surface area contributed by atoms with E-state index >= 15 is 0 Å². The van der Waals surface area contributed by atoms with Crippen molar-refractivity contribution in [3.63, 3.8) is 0 Å². The predicted molar refractivity (Wildman–Crippen MR) is 95.9 cm³/mol. The number of ether oxygens (including phenoxy) is 2. The number of Topliss-reactive ketones (excluding diaryl/α,β-unsaturated/α-hetero) is 1. The van der Waals surface area contributed by atoms with E-state index in [0.717, 1.165) is 18.4 Å². The van der Waals surface area contributed by atoms with E-state index in [1.807, 2.05) is 13.0 Å². The van der Waals surface area contributed by atoms with Crippen molar-refractivity contribution >= 4 is 5.78 Å². The Morgan fingerprint density at radius 3 is 2.43 bits per heavy atom. The third-order valence-electron chi connectivity index (χ3n) is 7.56. The fourth-order valence-corrected chi connectivity index (χ4v) is 5.85. The van der Waals surface area contributed by atoms with Crippen molar-refractivity contribution < 1.29 is 39.8 Å². The molecule has 1 aliphatic heterocycles. The van der Waals surface area contributed by atoms with E-state index in [0.29, 0.717) is 6.42 Å². The Morgan fingerprint density at radius 1 is 1.21 bits per heavy atom. The summed E-state index contributed by atoms with van der Waals surface area (Å²) in [5.74, 6) is -1.27. The fraction of sp³-hybridized carbons (Fsp3) is 0.850. The molecule has 8 heteroatoms. The summed E-state index contributed by atoms with van der Waals surface area (Å²) in [6.07, 6.45) is -3.27. The summed E-state index contributed by atoms with van der Waals surface area (Å²) in [7, 11) is 0. The summed E-state index contributed by atoms with van der Waals surface area (Å²) in [5, 5.41) is 51.4. The molecule has 8 nitrogen and oxygen atoms in total. The van der Waals surface area contributed by atoms with Crippen LogP contribution in [0.25, 0.3) is 0 Å². The zero-order valence-corrected chi connectivity index (χ0v) is 16.4. The Balaban J connectivity index is 1.73. The highest BCUT2D eigenvalue weighted by molar-refractivity contribution is 5.89. The predicted octanol–water partition coefficient (Wildman–Crippen LogP) is -0.742. The van der Waals surface area contributed by atoms with Crippen LogP contribution in [-0.2, 0) is 14.3 Å². The molecule has 0 aromatic carbocycles. The van der Waals surface area contributed by atoms with E-state index in [9.17, 15) is 30.3 Å². The van der Waals surface area contributed by atoms with Gasteiger partial charge in [-0.3, -0.25) is 4.79 Å². The molecule has 4 rings (SSSR count). The monoisotopic (exact) mass is 398 g/mol. The summed E-state index contributed by atoms with van der Waals surface area (Å²) in [5.41, 5.74) is -1.98. The van der Waals surface area contributed by atoms with E-state index < -0.39 is 59.8 Å². The normalized spacial score (nSPS) is 52.5. The third kappa shape index (κ3) is 2.52. The zero-order valence-electron chi connectivity index (χ0n) is 16.4. The molecule has 158 valence electrons. The fourth-order valence-electron chi connectivity index (χ4n) is 5.85. The van der Waals surface area contributed by atoms with Crippen LogP contribution < -0.4 is 0 Å². The molecule has 0 bridgehead atoms. The Kier molecular flexibility index (Phi) is 4.60. The van der Waals surface area contributed by atoms with Gasteiger partial charge in [-0.15, -0.1) is 0 Å². The number of hydrogen-bond donors (Lipinski definition) is 5. The Labute approximate surface area is 163 Å². The van der Waals surface area contributed by atoms with Crippen molar-refractivity contribution in [2.24, 2.45) is 17.3 Å². The standard InChI is InChI=1S/C20H30O8/c1-9-6-20(28-17-15(25)14(24)13(23)11(8-21)27-17)7-10(2)19(4-5-19)18(3,26)16(20)12(9)22/h7,9,11,13-17,21,23-26H,4-6,8H2,1-3H3/t9-,11-,13-,14+,15-,16-,17?,18+,20-/m1/s1. The Bertz CT molecular complexity index is 696. The molecular formula is C20H30O8. The Morgan fingerprint density at radius 2 is 1.86 bits per heavy atom. The van der Waals surface area contributed by atoms with Gasteiger partial charge < -0.3 is 35.0 Å². The molecule has 1 unspecified atom stereocenters. The smallest absolute Gasteiger partial charge is 0.187 e. The van der Waals surface area contributed by atoms with E-state index in [4.69, 9.17) is 9.47 Å². The van der Waals surface area contributed by atoms with Crippen LogP contribution in [0.2, 0.25) is 0 Å². The van der Waals surface area contributed by atoms with E-state index in [2.05, 4.69) is 0 Å². The number of ketones is 1. The number of carbonyl (C=O) groups is 1. The van der Waals surface area contributed by atoms with Crippen molar-refractivity contribution in [1.29, 1.82) is 0 Å². The van der Waals surface area contributed by atoms with Gasteiger partial charge in [0.25, 0.3) is 0 Å². The van der Waals surface area contributed by atoms with Gasteiger partial charge in [0, 0.05) is 11.3 Å². The molecule has 0 amide bonds. The second-order valence-corrected chi connectivity index (χ2v) is 9.27. The molecule has 9 atom stereocenters. The molecule has 0 aromatic rings. The zero-order chi connectivity index (χ0) is 20.6. The van der Waals surface area contributed by atoms with Gasteiger partial charge in [-0.05, 0) is 33.1 Å². The van der Waals surface area contributed by atoms with Gasteiger partial charge in [-0.25, -0.2) is 0 Å². The van der Waals surface area contributed by atoms with Crippen molar-refractivity contribution in [1.82, 2.24) is 0 Å². The lowest BCUT2D eigenvalue weighted by Gasteiger charge is -2.52. The van der Waals surface area contributed by atoms with E-state index in [1.54, 1.807) is 13.8 Å². The summed E-state index contributed by atoms with van der Waals surface area (Å²) in [6.45, 7) is 4.83. The van der Waals surface area contributed by atoms with Crippen molar-refractivity contribution in [3.05, 3.63) is 11.6 Å². The van der Waals surface area contributed by atoms with Crippen molar-refractivity contribution in [2.75, 3.05) is 6.61 Å². The molecule has 5 N–H and O–H groups in total.